The maximum atomic E-state index is 12.7. The van der Waals surface area contributed by atoms with E-state index in [1.165, 1.54) is 51.6 Å². The number of aliphatic hydroxyl groups is 2. The van der Waals surface area contributed by atoms with Gasteiger partial charge in [-0.1, -0.05) is 20.8 Å². The Morgan fingerprint density at radius 2 is 1.78 bits per heavy atom. The Kier molecular flexibility index (Phi) is 7.60. The third-order valence-corrected chi connectivity index (χ3v) is 12.9. The molecule has 0 spiro atoms. The van der Waals surface area contributed by atoms with E-state index in [-0.39, 0.29) is 23.5 Å². The topological polar surface area (TPSA) is 69.6 Å². The molecule has 1 amide bonds. The summed E-state index contributed by atoms with van der Waals surface area (Å²) < 4.78 is 1.11. The van der Waals surface area contributed by atoms with Crippen LogP contribution in [0.4, 0.5) is 0 Å². The third-order valence-electron chi connectivity index (χ3n) is 12.9. The molecule has 1 saturated heterocycles. The van der Waals surface area contributed by atoms with Crippen molar-refractivity contribution in [2.45, 2.75) is 110 Å². The van der Waals surface area contributed by atoms with Gasteiger partial charge in [0.2, 0.25) is 5.91 Å². The van der Waals surface area contributed by atoms with Gasteiger partial charge in [0.25, 0.3) is 0 Å². The molecule has 0 aromatic heterocycles. The predicted octanol–water partition coefficient (Wildman–Crippen LogP) is 4.75. The lowest BCUT2D eigenvalue weighted by atomic mass is 9.43. The van der Waals surface area contributed by atoms with E-state index in [9.17, 15) is 15.0 Å². The summed E-state index contributed by atoms with van der Waals surface area (Å²) in [7, 11) is 2.32. The van der Waals surface area contributed by atoms with Crippen LogP contribution in [0.3, 0.4) is 0 Å². The highest BCUT2D eigenvalue weighted by atomic mass is 16.3. The first-order valence-electron chi connectivity index (χ1n) is 15.5. The number of amides is 1. The van der Waals surface area contributed by atoms with E-state index in [1.807, 2.05) is 0 Å². The molecule has 5 nitrogen and oxygen atoms in total. The third kappa shape index (κ3) is 4.68. The highest BCUT2D eigenvalue weighted by Crippen LogP contribution is 2.68. The fraction of sp³-hybridized carbons (Fsp3) is 0.968. The molecule has 1 heterocycles. The Morgan fingerprint density at radius 1 is 1.03 bits per heavy atom. The van der Waals surface area contributed by atoms with Gasteiger partial charge in [-0.15, -0.1) is 0 Å². The summed E-state index contributed by atoms with van der Waals surface area (Å²) in [4.78, 5) is 12.7. The molecule has 0 radical (unpaired) electrons. The van der Waals surface area contributed by atoms with Crippen LogP contribution in [0.25, 0.3) is 0 Å². The van der Waals surface area contributed by atoms with Crippen molar-refractivity contribution in [3.63, 3.8) is 0 Å². The van der Waals surface area contributed by atoms with Crippen LogP contribution in [0.15, 0.2) is 0 Å². The molecular weight excluding hydrogens is 448 g/mol. The zero-order valence-corrected chi connectivity index (χ0v) is 23.7. The number of hydrogen-bond acceptors (Lipinski definition) is 3. The van der Waals surface area contributed by atoms with E-state index in [4.69, 9.17) is 0 Å². The molecule has 1 aliphatic heterocycles. The average Bonchev–Trinajstić information content (AvgIpc) is 3.43. The van der Waals surface area contributed by atoms with Gasteiger partial charge in [-0.05, 0) is 104 Å². The fourth-order valence-electron chi connectivity index (χ4n) is 10.6. The molecule has 36 heavy (non-hydrogen) atoms. The smallest absolute Gasteiger partial charge is 0.220 e. The lowest BCUT2D eigenvalue weighted by molar-refractivity contribution is -0.896. The maximum absolute atomic E-state index is 12.7. The number of quaternary nitrogens is 1. The van der Waals surface area contributed by atoms with Crippen molar-refractivity contribution >= 4 is 5.91 Å². The van der Waals surface area contributed by atoms with Crippen molar-refractivity contribution in [2.75, 3.05) is 33.2 Å². The van der Waals surface area contributed by atoms with Crippen LogP contribution < -0.4 is 5.32 Å². The maximum Gasteiger partial charge on any atom is 0.220 e. The first-order valence-corrected chi connectivity index (χ1v) is 15.5. The van der Waals surface area contributed by atoms with Crippen LogP contribution in [0, 0.1) is 46.3 Å². The quantitative estimate of drug-likeness (QED) is 0.439. The number of likely N-dealkylation sites (tertiary alicyclic amines) is 1. The van der Waals surface area contributed by atoms with E-state index in [2.05, 4.69) is 33.1 Å². The molecule has 5 heteroatoms. The van der Waals surface area contributed by atoms with Crippen LogP contribution in [-0.2, 0) is 4.79 Å². The molecule has 5 rings (SSSR count). The summed E-state index contributed by atoms with van der Waals surface area (Å²) in [6.07, 6.45) is 12.8. The zero-order chi connectivity index (χ0) is 25.7. The van der Waals surface area contributed by atoms with Gasteiger partial charge in [0.1, 0.15) is 0 Å². The van der Waals surface area contributed by atoms with E-state index in [0.717, 1.165) is 55.6 Å². The van der Waals surface area contributed by atoms with Crippen molar-refractivity contribution in [1.29, 1.82) is 0 Å². The van der Waals surface area contributed by atoms with Gasteiger partial charge in [-0.3, -0.25) is 4.79 Å². The lowest BCUT2D eigenvalue weighted by Gasteiger charge is -2.62. The van der Waals surface area contributed by atoms with Crippen LogP contribution in [-0.4, -0.2) is 66.0 Å². The molecule has 10 atom stereocenters. The molecule has 4 unspecified atom stereocenters. The Hall–Kier alpha value is -0.650. The minimum Gasteiger partial charge on any atom is -0.393 e. The molecule has 4 aliphatic carbocycles. The number of likely N-dealkylation sites (N-methyl/N-ethyl adjacent to an activating group) is 1. The first kappa shape index (κ1) is 26.9. The average molecular weight is 504 g/mol. The molecule has 0 aromatic rings. The highest BCUT2D eigenvalue weighted by Gasteiger charge is 2.63. The monoisotopic (exact) mass is 503 g/mol. The lowest BCUT2D eigenvalue weighted by Crippen LogP contribution is -2.58. The highest BCUT2D eigenvalue weighted by molar-refractivity contribution is 5.75. The van der Waals surface area contributed by atoms with Crippen molar-refractivity contribution in [3.8, 4) is 0 Å². The Morgan fingerprint density at radius 3 is 2.53 bits per heavy atom. The summed E-state index contributed by atoms with van der Waals surface area (Å²) in [5.41, 5.74) is 0.281. The second kappa shape index (κ2) is 10.2. The number of hydrogen-bond donors (Lipinski definition) is 3. The van der Waals surface area contributed by atoms with Crippen molar-refractivity contribution in [2.24, 2.45) is 46.3 Å². The summed E-state index contributed by atoms with van der Waals surface area (Å²) in [6, 6.07) is 0. The molecule has 5 fully saturated rings. The summed E-state index contributed by atoms with van der Waals surface area (Å²) in [5.74, 6) is 3.77. The molecule has 206 valence electrons. The standard InChI is InChI=1S/C31H54N2O3/c1-21(7-12-29(36)32-15-18-33(4)16-5-6-17-33)25-10-11-26-24-9-8-22-19-23(34)13-14-30(22,2)27(24)20-28(35)31(25,26)3/h21-28,34-35H,5-20H2,1-4H3/p+1/t21-,22?,23-,24?,25-,26?,27?,28+,30+,31-/m1/s1. The van der Waals surface area contributed by atoms with Gasteiger partial charge in [-0.2, -0.15) is 0 Å². The van der Waals surface area contributed by atoms with Crippen LogP contribution in [0.5, 0.6) is 0 Å². The van der Waals surface area contributed by atoms with Crippen LogP contribution >= 0.6 is 0 Å². The SMILES string of the molecule is C[C@H](CCC(=O)NCC[N+]1(C)CCCC1)[C@H]1CCC2C3CCC4C[C@H](O)CC[C@]4(C)C3C[C@H](O)[C@@]21C. The second-order valence-corrected chi connectivity index (χ2v) is 14.7. The van der Waals surface area contributed by atoms with Gasteiger partial charge in [0.15, 0.2) is 0 Å². The van der Waals surface area contributed by atoms with Crippen molar-refractivity contribution in [3.05, 3.63) is 0 Å². The number of nitrogens with zero attached hydrogens (tertiary/aromatic N) is 1. The Labute approximate surface area is 220 Å². The van der Waals surface area contributed by atoms with Crippen LogP contribution in [0.2, 0.25) is 0 Å². The van der Waals surface area contributed by atoms with E-state index in [1.54, 1.807) is 0 Å². The van der Waals surface area contributed by atoms with E-state index >= 15 is 0 Å². The molecule has 0 aromatic carbocycles. The fourth-order valence-corrected chi connectivity index (χ4v) is 10.6. The van der Waals surface area contributed by atoms with Gasteiger partial charge < -0.3 is 20.0 Å². The predicted molar refractivity (Wildman–Crippen MR) is 144 cm³/mol. The van der Waals surface area contributed by atoms with E-state index in [0.29, 0.717) is 41.4 Å². The molecule has 3 N–H and O–H groups in total. The van der Waals surface area contributed by atoms with Crippen molar-refractivity contribution in [1.82, 2.24) is 5.32 Å². The van der Waals surface area contributed by atoms with Gasteiger partial charge >= 0.3 is 0 Å². The van der Waals surface area contributed by atoms with Crippen LogP contribution in [0.1, 0.15) is 97.8 Å². The number of carbonyl (C=O) groups excluding carboxylic acids is 1. The zero-order valence-electron chi connectivity index (χ0n) is 23.7. The first-order chi connectivity index (χ1) is 17.1. The van der Waals surface area contributed by atoms with E-state index < -0.39 is 0 Å². The number of aliphatic hydroxyl groups excluding tert-OH is 2. The number of fused-ring (bicyclic) bond motifs is 5. The molecule has 4 saturated carbocycles. The second-order valence-electron chi connectivity index (χ2n) is 14.7. The van der Waals surface area contributed by atoms with Crippen molar-refractivity contribution < 1.29 is 19.5 Å². The largest absolute Gasteiger partial charge is 0.393 e. The van der Waals surface area contributed by atoms with Gasteiger partial charge in [0, 0.05) is 19.3 Å². The minimum absolute atomic E-state index is 0.0109. The molecule has 5 aliphatic rings. The number of carbonyl (C=O) groups is 1. The summed E-state index contributed by atoms with van der Waals surface area (Å²) in [5, 5.41) is 25.3. The summed E-state index contributed by atoms with van der Waals surface area (Å²) in [6.45, 7) is 11.6. The molecule has 0 bridgehead atoms. The molecular formula is C31H55N2O3+. The van der Waals surface area contributed by atoms with Gasteiger partial charge in [-0.25, -0.2) is 0 Å². The Balaban J connectivity index is 1.17. The Bertz CT molecular complexity index is 797. The van der Waals surface area contributed by atoms with Gasteiger partial charge in [0.05, 0.1) is 45.4 Å². The summed E-state index contributed by atoms with van der Waals surface area (Å²) >= 11 is 0. The number of nitrogens with one attached hydrogen (secondary N) is 1. The number of rotatable bonds is 7. The normalized spacial score (nSPS) is 46.4. The minimum atomic E-state index is -0.236.